The summed E-state index contributed by atoms with van der Waals surface area (Å²) in [6.07, 6.45) is 0.266. The molecule has 1 aliphatic carbocycles. The van der Waals surface area contributed by atoms with Crippen molar-refractivity contribution in [3.05, 3.63) is 59.7 Å². The van der Waals surface area contributed by atoms with Crippen molar-refractivity contribution in [1.82, 2.24) is 0 Å². The summed E-state index contributed by atoms with van der Waals surface area (Å²) in [6.45, 7) is 0.296. The van der Waals surface area contributed by atoms with Gasteiger partial charge in [-0.15, -0.1) is 0 Å². The van der Waals surface area contributed by atoms with Gasteiger partial charge in [-0.25, -0.2) is 9.59 Å². The Bertz CT molecular complexity index is 791. The van der Waals surface area contributed by atoms with Crippen LogP contribution in [0.1, 0.15) is 29.9 Å². The van der Waals surface area contributed by atoms with Gasteiger partial charge in [0, 0.05) is 5.92 Å². The summed E-state index contributed by atoms with van der Waals surface area (Å²) >= 11 is 0. The molecule has 0 heterocycles. The summed E-state index contributed by atoms with van der Waals surface area (Å²) < 4.78 is 5.38. The first kappa shape index (κ1) is 18.1. The van der Waals surface area contributed by atoms with E-state index in [1.807, 2.05) is 48.5 Å². The highest BCUT2D eigenvalue weighted by atomic mass is 16.5. The van der Waals surface area contributed by atoms with Crippen LogP contribution in [0.4, 0.5) is 0 Å². The number of ether oxygens (including phenoxy) is 1. The lowest BCUT2D eigenvalue weighted by molar-refractivity contribution is -0.161. The number of rotatable bonds is 7. The number of carbonyl (C=O) groups excluding carboxylic acids is 1. The van der Waals surface area contributed by atoms with Crippen molar-refractivity contribution >= 4 is 11.9 Å². The summed E-state index contributed by atoms with van der Waals surface area (Å²) in [5, 5.41) is 9.37. The Kier molecular flexibility index (Phi) is 5.06. The molecule has 2 aromatic rings. The SMILES string of the molecule is NCCC[C@@](N)(C(=O)O)C(=O)OCC1c2ccccc2-c2ccccc21. The van der Waals surface area contributed by atoms with E-state index in [0.29, 0.717) is 6.42 Å². The zero-order valence-electron chi connectivity index (χ0n) is 14.4. The first-order valence-corrected chi connectivity index (χ1v) is 8.57. The van der Waals surface area contributed by atoms with Crippen LogP contribution >= 0.6 is 0 Å². The van der Waals surface area contributed by atoms with Crippen LogP contribution in [0.25, 0.3) is 11.1 Å². The molecule has 1 aliphatic rings. The van der Waals surface area contributed by atoms with Crippen LogP contribution < -0.4 is 11.5 Å². The third-order valence-electron chi connectivity index (χ3n) is 4.86. The van der Waals surface area contributed by atoms with Gasteiger partial charge in [0.25, 0.3) is 0 Å². The van der Waals surface area contributed by atoms with E-state index in [-0.39, 0.29) is 25.5 Å². The zero-order chi connectivity index (χ0) is 18.7. The van der Waals surface area contributed by atoms with Gasteiger partial charge < -0.3 is 21.3 Å². The number of carbonyl (C=O) groups is 2. The summed E-state index contributed by atoms with van der Waals surface area (Å²) in [5.41, 5.74) is 13.5. The lowest BCUT2D eigenvalue weighted by Gasteiger charge is -2.23. The Morgan fingerprint density at radius 2 is 1.58 bits per heavy atom. The number of aliphatic carboxylic acids is 1. The molecular formula is C20H22N2O4. The van der Waals surface area contributed by atoms with Crippen molar-refractivity contribution in [2.45, 2.75) is 24.3 Å². The summed E-state index contributed by atoms with van der Waals surface area (Å²) in [4.78, 5) is 23.9. The average molecular weight is 354 g/mol. The monoisotopic (exact) mass is 354 g/mol. The molecule has 5 N–H and O–H groups in total. The average Bonchev–Trinajstić information content (AvgIpc) is 2.98. The van der Waals surface area contributed by atoms with Crippen molar-refractivity contribution in [3.63, 3.8) is 0 Å². The van der Waals surface area contributed by atoms with Gasteiger partial charge in [0.2, 0.25) is 5.54 Å². The number of hydrogen-bond acceptors (Lipinski definition) is 5. The Morgan fingerprint density at radius 3 is 2.08 bits per heavy atom. The van der Waals surface area contributed by atoms with Gasteiger partial charge in [0.05, 0.1) is 0 Å². The Morgan fingerprint density at radius 1 is 1.04 bits per heavy atom. The first-order valence-electron chi connectivity index (χ1n) is 8.57. The maximum absolute atomic E-state index is 12.4. The van der Waals surface area contributed by atoms with E-state index in [1.165, 1.54) is 0 Å². The molecule has 0 radical (unpaired) electrons. The van der Waals surface area contributed by atoms with Crippen molar-refractivity contribution in [1.29, 1.82) is 0 Å². The van der Waals surface area contributed by atoms with Gasteiger partial charge in [-0.2, -0.15) is 0 Å². The van der Waals surface area contributed by atoms with E-state index < -0.39 is 17.5 Å². The molecule has 0 fully saturated rings. The minimum atomic E-state index is -2.07. The van der Waals surface area contributed by atoms with Crippen LogP contribution in [0.2, 0.25) is 0 Å². The summed E-state index contributed by atoms with van der Waals surface area (Å²) in [6, 6.07) is 15.8. The summed E-state index contributed by atoms with van der Waals surface area (Å²) in [7, 11) is 0. The molecular weight excluding hydrogens is 332 g/mol. The molecule has 3 rings (SSSR count). The Labute approximate surface area is 151 Å². The smallest absolute Gasteiger partial charge is 0.337 e. The summed E-state index contributed by atoms with van der Waals surface area (Å²) in [5.74, 6) is -2.47. The number of carboxylic acid groups (broad SMARTS) is 1. The van der Waals surface area contributed by atoms with E-state index in [4.69, 9.17) is 16.2 Å². The lowest BCUT2D eigenvalue weighted by Crippen LogP contribution is -2.56. The number of hydrogen-bond donors (Lipinski definition) is 3. The Balaban J connectivity index is 1.81. The second kappa shape index (κ2) is 7.27. The van der Waals surface area contributed by atoms with Gasteiger partial charge in [-0.05, 0) is 41.6 Å². The predicted molar refractivity (Wildman–Crippen MR) is 97.5 cm³/mol. The zero-order valence-corrected chi connectivity index (χ0v) is 14.4. The molecule has 1 atom stereocenters. The highest BCUT2D eigenvalue weighted by molar-refractivity contribution is 6.03. The molecule has 0 saturated carbocycles. The predicted octanol–water partition coefficient (Wildman–Crippen LogP) is 1.86. The molecule has 6 nitrogen and oxygen atoms in total. The minimum absolute atomic E-state index is 0.0434. The van der Waals surface area contributed by atoms with Crippen molar-refractivity contribution in [2.75, 3.05) is 13.2 Å². The first-order chi connectivity index (χ1) is 12.5. The maximum Gasteiger partial charge on any atom is 0.337 e. The maximum atomic E-state index is 12.4. The number of benzene rings is 2. The van der Waals surface area contributed by atoms with Gasteiger partial charge in [0.15, 0.2) is 0 Å². The molecule has 0 unspecified atom stereocenters. The molecule has 26 heavy (non-hydrogen) atoms. The van der Waals surface area contributed by atoms with Crippen LogP contribution in [-0.4, -0.2) is 35.7 Å². The van der Waals surface area contributed by atoms with E-state index >= 15 is 0 Å². The molecule has 0 spiro atoms. The number of carboxylic acids is 1. The van der Waals surface area contributed by atoms with Crippen molar-refractivity contribution in [3.8, 4) is 11.1 Å². The number of esters is 1. The van der Waals surface area contributed by atoms with E-state index in [1.54, 1.807) is 0 Å². The van der Waals surface area contributed by atoms with Crippen LogP contribution in [0.5, 0.6) is 0 Å². The van der Waals surface area contributed by atoms with Crippen molar-refractivity contribution < 1.29 is 19.4 Å². The number of fused-ring (bicyclic) bond motifs is 3. The fourth-order valence-electron chi connectivity index (χ4n) is 3.40. The second-order valence-electron chi connectivity index (χ2n) is 6.49. The highest BCUT2D eigenvalue weighted by Crippen LogP contribution is 2.44. The van der Waals surface area contributed by atoms with Gasteiger partial charge in [0.1, 0.15) is 6.61 Å². The molecule has 0 amide bonds. The van der Waals surface area contributed by atoms with E-state index in [0.717, 1.165) is 22.3 Å². The number of nitrogens with two attached hydrogens (primary N) is 2. The molecule has 0 saturated heterocycles. The second-order valence-corrected chi connectivity index (χ2v) is 6.49. The third-order valence-corrected chi connectivity index (χ3v) is 4.86. The molecule has 0 aromatic heterocycles. The van der Waals surface area contributed by atoms with Crippen molar-refractivity contribution in [2.24, 2.45) is 11.5 Å². The van der Waals surface area contributed by atoms with E-state index in [2.05, 4.69) is 0 Å². The third kappa shape index (κ3) is 3.09. The quantitative estimate of drug-likeness (QED) is 0.516. The normalized spacial score (nSPS) is 15.0. The van der Waals surface area contributed by atoms with Gasteiger partial charge >= 0.3 is 11.9 Å². The molecule has 0 bridgehead atoms. The van der Waals surface area contributed by atoms with Crippen LogP contribution in [-0.2, 0) is 14.3 Å². The van der Waals surface area contributed by atoms with Crippen LogP contribution in [0.3, 0.4) is 0 Å². The topological polar surface area (TPSA) is 116 Å². The molecule has 0 aliphatic heterocycles. The largest absolute Gasteiger partial charge is 0.479 e. The fourth-order valence-corrected chi connectivity index (χ4v) is 3.40. The Hall–Kier alpha value is -2.70. The van der Waals surface area contributed by atoms with Gasteiger partial charge in [-0.3, -0.25) is 0 Å². The fraction of sp³-hybridized carbons (Fsp3) is 0.300. The van der Waals surface area contributed by atoms with Crippen LogP contribution in [0.15, 0.2) is 48.5 Å². The van der Waals surface area contributed by atoms with Gasteiger partial charge in [-0.1, -0.05) is 48.5 Å². The molecule has 6 heteroatoms. The van der Waals surface area contributed by atoms with Crippen LogP contribution in [0, 0.1) is 0 Å². The molecule has 136 valence electrons. The highest BCUT2D eigenvalue weighted by Gasteiger charge is 2.44. The minimum Gasteiger partial charge on any atom is -0.479 e. The van der Waals surface area contributed by atoms with E-state index in [9.17, 15) is 14.7 Å². The standard InChI is InChI=1S/C20H22N2O4/c21-11-5-10-20(22,18(23)24)19(25)26-12-17-15-8-3-1-6-13(15)14-7-2-4-9-16(14)17/h1-4,6-9,17H,5,10-12,21-22H2,(H,23,24)/t20-/m1/s1. The molecule has 2 aromatic carbocycles. The lowest BCUT2D eigenvalue weighted by atomic mass is 9.94.